The largest absolute Gasteiger partial charge is 0.356 e. The summed E-state index contributed by atoms with van der Waals surface area (Å²) < 4.78 is 0. The fourth-order valence-corrected chi connectivity index (χ4v) is 5.09. The van der Waals surface area contributed by atoms with Crippen molar-refractivity contribution < 1.29 is 4.79 Å². The summed E-state index contributed by atoms with van der Waals surface area (Å²) >= 11 is 0. The molecule has 4 unspecified atom stereocenters. The third-order valence-electron chi connectivity index (χ3n) is 6.47. The van der Waals surface area contributed by atoms with Gasteiger partial charge in [-0.3, -0.25) is 4.79 Å². The van der Waals surface area contributed by atoms with E-state index < -0.39 is 0 Å². The molecule has 0 aromatic carbocycles. The SMILES string of the molecule is CN(CCCNC(=O)C1C2CCC(C2)C1N)C1CCCCC1.Cl.Cl. The molecule has 3 fully saturated rings. The molecule has 0 radical (unpaired) electrons. The minimum Gasteiger partial charge on any atom is -0.356 e. The number of rotatable bonds is 6. The standard InChI is InChI=1S/C18H33N3O.2ClH/c1-21(15-6-3-2-4-7-15)11-5-10-20-18(22)16-13-8-9-14(12-13)17(16)19;;/h13-17H,2-12,19H2,1H3,(H,20,22);2*1H. The van der Waals surface area contributed by atoms with Gasteiger partial charge >= 0.3 is 0 Å². The maximum atomic E-state index is 12.4. The second-order valence-electron chi connectivity index (χ2n) is 7.85. The summed E-state index contributed by atoms with van der Waals surface area (Å²) in [7, 11) is 2.24. The molecule has 0 aliphatic heterocycles. The zero-order valence-electron chi connectivity index (χ0n) is 14.9. The molecule has 2 bridgehead atoms. The number of hydrogen-bond donors (Lipinski definition) is 2. The van der Waals surface area contributed by atoms with Crippen molar-refractivity contribution in [3.63, 3.8) is 0 Å². The molecule has 0 heterocycles. The van der Waals surface area contributed by atoms with Gasteiger partial charge in [-0.1, -0.05) is 19.3 Å². The number of carbonyl (C=O) groups excluding carboxylic acids is 1. The van der Waals surface area contributed by atoms with Gasteiger partial charge in [-0.05, 0) is 64.0 Å². The molecule has 1 amide bonds. The van der Waals surface area contributed by atoms with Crippen LogP contribution >= 0.6 is 24.8 Å². The van der Waals surface area contributed by atoms with Crippen molar-refractivity contribution in [1.29, 1.82) is 0 Å². The summed E-state index contributed by atoms with van der Waals surface area (Å²) in [5.74, 6) is 1.48. The van der Waals surface area contributed by atoms with E-state index in [4.69, 9.17) is 5.73 Å². The molecule has 142 valence electrons. The zero-order valence-corrected chi connectivity index (χ0v) is 16.5. The highest BCUT2D eigenvalue weighted by Gasteiger charge is 2.48. The first-order valence-corrected chi connectivity index (χ1v) is 9.40. The molecule has 4 nitrogen and oxygen atoms in total. The number of carbonyl (C=O) groups is 1. The molecule has 0 aromatic heterocycles. The van der Waals surface area contributed by atoms with E-state index in [2.05, 4.69) is 17.3 Å². The summed E-state index contributed by atoms with van der Waals surface area (Å²) in [4.78, 5) is 14.9. The van der Waals surface area contributed by atoms with Crippen LogP contribution in [0.4, 0.5) is 0 Å². The maximum absolute atomic E-state index is 12.4. The predicted octanol–water partition coefficient (Wildman–Crippen LogP) is 2.97. The van der Waals surface area contributed by atoms with Crippen molar-refractivity contribution in [2.45, 2.75) is 69.9 Å². The molecular formula is C18H35Cl2N3O. The molecule has 3 N–H and O–H groups in total. The monoisotopic (exact) mass is 379 g/mol. The molecule has 3 aliphatic rings. The number of halogens is 2. The van der Waals surface area contributed by atoms with Crippen LogP contribution in [0.1, 0.15) is 57.8 Å². The lowest BCUT2D eigenvalue weighted by Crippen LogP contribution is -2.45. The van der Waals surface area contributed by atoms with Gasteiger partial charge in [0.05, 0.1) is 5.92 Å². The van der Waals surface area contributed by atoms with Gasteiger partial charge in [0.2, 0.25) is 5.91 Å². The normalized spacial score (nSPS) is 32.3. The Kier molecular flexibility index (Phi) is 9.35. The Morgan fingerprint density at radius 1 is 1.08 bits per heavy atom. The van der Waals surface area contributed by atoms with Crippen LogP contribution in [0.15, 0.2) is 0 Å². The Morgan fingerprint density at radius 2 is 1.75 bits per heavy atom. The lowest BCUT2D eigenvalue weighted by molar-refractivity contribution is -0.127. The van der Waals surface area contributed by atoms with Gasteiger partial charge in [-0.15, -0.1) is 24.8 Å². The lowest BCUT2D eigenvalue weighted by Gasteiger charge is -2.31. The number of nitrogens with zero attached hydrogens (tertiary/aromatic N) is 1. The van der Waals surface area contributed by atoms with Gasteiger partial charge in [-0.25, -0.2) is 0 Å². The molecule has 0 spiro atoms. The highest BCUT2D eigenvalue weighted by Crippen LogP contribution is 2.47. The Labute approximate surface area is 159 Å². The average Bonchev–Trinajstić information content (AvgIpc) is 3.13. The molecule has 24 heavy (non-hydrogen) atoms. The van der Waals surface area contributed by atoms with Crippen LogP contribution in [-0.2, 0) is 4.79 Å². The summed E-state index contributed by atoms with van der Waals surface area (Å²) in [5.41, 5.74) is 6.25. The van der Waals surface area contributed by atoms with Crippen LogP contribution in [0.25, 0.3) is 0 Å². The third kappa shape index (κ3) is 5.00. The van der Waals surface area contributed by atoms with Crippen molar-refractivity contribution in [1.82, 2.24) is 10.2 Å². The summed E-state index contributed by atoms with van der Waals surface area (Å²) in [5, 5.41) is 3.15. The minimum atomic E-state index is 0. The molecule has 0 saturated heterocycles. The first-order valence-electron chi connectivity index (χ1n) is 9.40. The molecule has 6 heteroatoms. The van der Waals surface area contributed by atoms with E-state index in [1.165, 1.54) is 51.4 Å². The third-order valence-corrected chi connectivity index (χ3v) is 6.47. The van der Waals surface area contributed by atoms with Crippen LogP contribution in [0.5, 0.6) is 0 Å². The molecule has 4 atom stereocenters. The highest BCUT2D eigenvalue weighted by molar-refractivity contribution is 5.85. The van der Waals surface area contributed by atoms with Gasteiger partial charge in [0.1, 0.15) is 0 Å². The summed E-state index contributed by atoms with van der Waals surface area (Å²) in [6, 6.07) is 0.882. The summed E-state index contributed by atoms with van der Waals surface area (Å²) in [6.07, 6.45) is 11.6. The van der Waals surface area contributed by atoms with Crippen LogP contribution in [0.2, 0.25) is 0 Å². The van der Waals surface area contributed by atoms with Crippen LogP contribution < -0.4 is 11.1 Å². The smallest absolute Gasteiger partial charge is 0.224 e. The van der Waals surface area contributed by atoms with E-state index in [0.29, 0.717) is 11.8 Å². The second kappa shape index (κ2) is 10.2. The topological polar surface area (TPSA) is 58.4 Å². The predicted molar refractivity (Wildman–Crippen MR) is 104 cm³/mol. The lowest BCUT2D eigenvalue weighted by atomic mass is 9.84. The van der Waals surface area contributed by atoms with Crippen molar-refractivity contribution >= 4 is 30.7 Å². The van der Waals surface area contributed by atoms with Gasteiger partial charge < -0.3 is 16.0 Å². The molecule has 3 saturated carbocycles. The van der Waals surface area contributed by atoms with E-state index >= 15 is 0 Å². The van der Waals surface area contributed by atoms with E-state index in [0.717, 1.165) is 25.6 Å². The zero-order chi connectivity index (χ0) is 15.5. The Morgan fingerprint density at radius 3 is 2.38 bits per heavy atom. The van der Waals surface area contributed by atoms with Crippen LogP contribution in [-0.4, -0.2) is 43.0 Å². The minimum absolute atomic E-state index is 0. The fraction of sp³-hybridized carbons (Fsp3) is 0.944. The molecule has 0 aromatic rings. The Bertz CT molecular complexity index is 388. The van der Waals surface area contributed by atoms with Crippen LogP contribution in [0.3, 0.4) is 0 Å². The fourth-order valence-electron chi connectivity index (χ4n) is 5.09. The number of hydrogen-bond acceptors (Lipinski definition) is 3. The number of fused-ring (bicyclic) bond motifs is 2. The van der Waals surface area contributed by atoms with Crippen molar-refractivity contribution in [2.24, 2.45) is 23.5 Å². The highest BCUT2D eigenvalue weighted by atomic mass is 35.5. The van der Waals surface area contributed by atoms with E-state index in [-0.39, 0.29) is 42.7 Å². The quantitative estimate of drug-likeness (QED) is 0.697. The number of amides is 1. The van der Waals surface area contributed by atoms with E-state index in [9.17, 15) is 4.79 Å². The first-order chi connectivity index (χ1) is 10.7. The molecular weight excluding hydrogens is 345 g/mol. The second-order valence-corrected chi connectivity index (χ2v) is 7.85. The first kappa shape index (κ1) is 22.0. The van der Waals surface area contributed by atoms with Gasteiger partial charge in [0, 0.05) is 18.6 Å². The number of nitrogens with two attached hydrogens (primary N) is 1. The summed E-state index contributed by atoms with van der Waals surface area (Å²) in [6.45, 7) is 1.89. The van der Waals surface area contributed by atoms with Crippen molar-refractivity contribution in [2.75, 3.05) is 20.1 Å². The van der Waals surface area contributed by atoms with Gasteiger partial charge in [0.25, 0.3) is 0 Å². The van der Waals surface area contributed by atoms with Crippen molar-refractivity contribution in [3.05, 3.63) is 0 Å². The molecule has 3 rings (SSSR count). The van der Waals surface area contributed by atoms with Gasteiger partial charge in [-0.2, -0.15) is 0 Å². The van der Waals surface area contributed by atoms with Crippen molar-refractivity contribution in [3.8, 4) is 0 Å². The number of nitrogens with one attached hydrogen (secondary N) is 1. The maximum Gasteiger partial charge on any atom is 0.224 e. The molecule has 3 aliphatic carbocycles. The van der Waals surface area contributed by atoms with E-state index in [1.54, 1.807) is 0 Å². The Balaban J connectivity index is 0.00000144. The van der Waals surface area contributed by atoms with Gasteiger partial charge in [0.15, 0.2) is 0 Å². The Hall–Kier alpha value is -0.0300. The van der Waals surface area contributed by atoms with E-state index in [1.807, 2.05) is 0 Å². The average molecular weight is 380 g/mol. The van der Waals surface area contributed by atoms with Crippen LogP contribution in [0, 0.1) is 17.8 Å².